The van der Waals surface area contributed by atoms with Gasteiger partial charge in [0, 0.05) is 37.4 Å². The molecular formula is C17H20N2O3. The lowest BCUT2D eigenvalue weighted by atomic mass is 10.00. The lowest BCUT2D eigenvalue weighted by Crippen LogP contribution is -2.09. The average molecular weight is 300 g/mol. The summed E-state index contributed by atoms with van der Waals surface area (Å²) in [5.74, 6) is 2.51. The number of rotatable bonds is 6. The molecule has 0 saturated carbocycles. The predicted molar refractivity (Wildman–Crippen MR) is 85.8 cm³/mol. The highest BCUT2D eigenvalue weighted by molar-refractivity contribution is 5.74. The first-order valence-electron chi connectivity index (χ1n) is 7.35. The predicted octanol–water partition coefficient (Wildman–Crippen LogP) is 2.75. The van der Waals surface area contributed by atoms with Gasteiger partial charge < -0.3 is 19.5 Å². The maximum absolute atomic E-state index is 5.78. The number of benzene rings is 1. The lowest BCUT2D eigenvalue weighted by molar-refractivity contribution is 0.210. The van der Waals surface area contributed by atoms with Gasteiger partial charge in [0.2, 0.25) is 0 Å². The summed E-state index contributed by atoms with van der Waals surface area (Å²) in [6.07, 6.45) is 2.81. The zero-order chi connectivity index (χ0) is 15.4. The molecule has 5 nitrogen and oxygen atoms in total. The molecule has 1 aromatic heterocycles. The van der Waals surface area contributed by atoms with Gasteiger partial charge in [-0.1, -0.05) is 12.1 Å². The van der Waals surface area contributed by atoms with Crippen LogP contribution in [0.15, 0.2) is 30.5 Å². The smallest absolute Gasteiger partial charge is 0.169 e. The number of aromatic nitrogens is 1. The Bertz CT molecular complexity index is 641. The second kappa shape index (κ2) is 6.66. The molecule has 2 heterocycles. The van der Waals surface area contributed by atoms with E-state index >= 15 is 0 Å². The van der Waals surface area contributed by atoms with Crippen LogP contribution in [0.3, 0.4) is 0 Å². The molecule has 0 unspecified atom stereocenters. The van der Waals surface area contributed by atoms with Gasteiger partial charge in [-0.05, 0) is 17.7 Å². The van der Waals surface area contributed by atoms with E-state index in [2.05, 4.69) is 10.3 Å². The molecule has 0 atom stereocenters. The molecule has 1 aliphatic rings. The zero-order valence-corrected chi connectivity index (χ0v) is 12.9. The van der Waals surface area contributed by atoms with Crippen LogP contribution < -0.4 is 14.8 Å². The van der Waals surface area contributed by atoms with E-state index in [9.17, 15) is 0 Å². The minimum Gasteiger partial charge on any atom is -0.497 e. The molecule has 0 spiro atoms. The molecule has 0 bridgehead atoms. The molecule has 1 N–H and O–H groups in total. The van der Waals surface area contributed by atoms with Gasteiger partial charge in [-0.3, -0.25) is 0 Å². The van der Waals surface area contributed by atoms with Gasteiger partial charge in [0.05, 0.1) is 20.3 Å². The van der Waals surface area contributed by atoms with E-state index in [1.165, 1.54) is 5.56 Å². The minimum absolute atomic E-state index is 0.636. The van der Waals surface area contributed by atoms with Gasteiger partial charge in [-0.25, -0.2) is 4.98 Å². The first-order valence-corrected chi connectivity index (χ1v) is 7.35. The van der Waals surface area contributed by atoms with Crippen LogP contribution in [0.25, 0.3) is 11.1 Å². The van der Waals surface area contributed by atoms with Crippen molar-refractivity contribution in [3.8, 4) is 22.6 Å². The largest absolute Gasteiger partial charge is 0.497 e. The number of fused-ring (bicyclic) bond motifs is 1. The van der Waals surface area contributed by atoms with Crippen molar-refractivity contribution in [2.75, 3.05) is 39.3 Å². The van der Waals surface area contributed by atoms with Gasteiger partial charge in [0.1, 0.15) is 5.75 Å². The minimum atomic E-state index is 0.636. The van der Waals surface area contributed by atoms with Crippen molar-refractivity contribution in [2.24, 2.45) is 0 Å². The van der Waals surface area contributed by atoms with E-state index in [1.807, 2.05) is 30.5 Å². The van der Waals surface area contributed by atoms with Crippen molar-refractivity contribution >= 4 is 5.82 Å². The molecule has 3 rings (SSSR count). The van der Waals surface area contributed by atoms with E-state index in [1.54, 1.807) is 14.2 Å². The van der Waals surface area contributed by atoms with E-state index in [0.717, 1.165) is 34.9 Å². The highest BCUT2D eigenvalue weighted by Gasteiger charge is 2.22. The molecule has 1 aromatic carbocycles. The fourth-order valence-electron chi connectivity index (χ4n) is 2.61. The van der Waals surface area contributed by atoms with Crippen molar-refractivity contribution in [1.82, 2.24) is 4.98 Å². The molecule has 116 valence electrons. The topological polar surface area (TPSA) is 52.6 Å². The van der Waals surface area contributed by atoms with Gasteiger partial charge in [-0.2, -0.15) is 0 Å². The van der Waals surface area contributed by atoms with E-state index in [-0.39, 0.29) is 0 Å². The third kappa shape index (κ3) is 2.85. The van der Waals surface area contributed by atoms with Crippen molar-refractivity contribution in [3.63, 3.8) is 0 Å². The number of methoxy groups -OCH3 is 2. The van der Waals surface area contributed by atoms with E-state index in [4.69, 9.17) is 14.2 Å². The van der Waals surface area contributed by atoms with Crippen LogP contribution in [-0.4, -0.2) is 39.0 Å². The van der Waals surface area contributed by atoms with Crippen molar-refractivity contribution in [2.45, 2.75) is 6.42 Å². The van der Waals surface area contributed by atoms with E-state index in [0.29, 0.717) is 19.8 Å². The van der Waals surface area contributed by atoms with Crippen LogP contribution in [0.2, 0.25) is 0 Å². The first-order chi connectivity index (χ1) is 10.8. The number of hydrogen-bond acceptors (Lipinski definition) is 5. The maximum Gasteiger partial charge on any atom is 0.169 e. The number of pyridine rings is 1. The van der Waals surface area contributed by atoms with Crippen LogP contribution in [0.5, 0.6) is 11.5 Å². The Morgan fingerprint density at radius 2 is 2.05 bits per heavy atom. The Morgan fingerprint density at radius 3 is 2.77 bits per heavy atom. The maximum atomic E-state index is 5.78. The highest BCUT2D eigenvalue weighted by Crippen LogP contribution is 2.39. The van der Waals surface area contributed by atoms with Gasteiger partial charge >= 0.3 is 0 Å². The molecule has 1 aliphatic heterocycles. The Hall–Kier alpha value is -2.27. The summed E-state index contributed by atoms with van der Waals surface area (Å²) in [6, 6.07) is 8.02. The molecule has 0 radical (unpaired) electrons. The Labute approximate surface area is 130 Å². The van der Waals surface area contributed by atoms with Gasteiger partial charge in [0.15, 0.2) is 11.6 Å². The second-order valence-electron chi connectivity index (χ2n) is 5.07. The molecule has 0 saturated heterocycles. The number of nitrogens with zero attached hydrogens (tertiary/aromatic N) is 1. The van der Waals surface area contributed by atoms with Crippen LogP contribution in [0, 0.1) is 0 Å². The van der Waals surface area contributed by atoms with Crippen LogP contribution in [0.1, 0.15) is 5.56 Å². The lowest BCUT2D eigenvalue weighted by Gasteiger charge is -2.13. The van der Waals surface area contributed by atoms with E-state index < -0.39 is 0 Å². The van der Waals surface area contributed by atoms with Gasteiger partial charge in [-0.15, -0.1) is 0 Å². The fraction of sp³-hybridized carbons (Fsp3) is 0.353. The van der Waals surface area contributed by atoms with Crippen molar-refractivity contribution < 1.29 is 14.2 Å². The van der Waals surface area contributed by atoms with Crippen LogP contribution >= 0.6 is 0 Å². The van der Waals surface area contributed by atoms with Crippen LogP contribution in [-0.2, 0) is 11.2 Å². The molecular weight excluding hydrogens is 280 g/mol. The third-order valence-corrected chi connectivity index (χ3v) is 3.74. The Balaban J connectivity index is 1.91. The monoisotopic (exact) mass is 300 g/mol. The number of anilines is 1. The average Bonchev–Trinajstić information content (AvgIpc) is 3.05. The quantitative estimate of drug-likeness (QED) is 0.831. The normalized spacial score (nSPS) is 12.6. The summed E-state index contributed by atoms with van der Waals surface area (Å²) >= 11 is 0. The summed E-state index contributed by atoms with van der Waals surface area (Å²) < 4.78 is 16.0. The summed E-state index contributed by atoms with van der Waals surface area (Å²) in [4.78, 5) is 4.52. The number of ether oxygens (including phenoxy) is 3. The third-order valence-electron chi connectivity index (χ3n) is 3.74. The highest BCUT2D eigenvalue weighted by atomic mass is 16.5. The standard InChI is InChI=1S/C17H20N2O3/c1-20-10-8-18-17-16-14(7-9-22-16)15(11-19-17)12-3-5-13(21-2)6-4-12/h3-6,11H,7-10H2,1-2H3,(H,18,19). The second-order valence-corrected chi connectivity index (χ2v) is 5.07. The zero-order valence-electron chi connectivity index (χ0n) is 12.9. The number of nitrogens with one attached hydrogen (secondary N) is 1. The molecule has 0 fully saturated rings. The van der Waals surface area contributed by atoms with Crippen LogP contribution in [0.4, 0.5) is 5.82 Å². The Morgan fingerprint density at radius 1 is 1.23 bits per heavy atom. The first kappa shape index (κ1) is 14.7. The van der Waals surface area contributed by atoms with Crippen molar-refractivity contribution in [1.29, 1.82) is 0 Å². The fourth-order valence-corrected chi connectivity index (χ4v) is 2.61. The summed E-state index contributed by atoms with van der Waals surface area (Å²) in [6.45, 7) is 2.04. The molecule has 2 aromatic rings. The molecule has 0 aliphatic carbocycles. The summed E-state index contributed by atoms with van der Waals surface area (Å²) in [5, 5.41) is 3.26. The molecule has 0 amide bonds. The van der Waals surface area contributed by atoms with Gasteiger partial charge in [0.25, 0.3) is 0 Å². The summed E-state index contributed by atoms with van der Waals surface area (Å²) in [7, 11) is 3.35. The summed E-state index contributed by atoms with van der Waals surface area (Å²) in [5.41, 5.74) is 3.45. The SMILES string of the molecule is COCCNc1ncc(-c2ccc(OC)cc2)c2c1OCC2. The number of hydrogen-bond donors (Lipinski definition) is 1. The molecule has 22 heavy (non-hydrogen) atoms. The molecule has 5 heteroatoms. The van der Waals surface area contributed by atoms with Crippen molar-refractivity contribution in [3.05, 3.63) is 36.0 Å². The Kier molecular flexibility index (Phi) is 4.44.